The molecule has 0 bridgehead atoms. The van der Waals surface area contributed by atoms with E-state index in [4.69, 9.17) is 10.5 Å². The van der Waals surface area contributed by atoms with E-state index in [1.54, 1.807) is 0 Å². The van der Waals surface area contributed by atoms with Crippen LogP contribution in [-0.4, -0.2) is 57.2 Å². The van der Waals surface area contributed by atoms with Gasteiger partial charge in [-0.15, -0.1) is 0 Å². The molecule has 3 N–H and O–H groups in total. The summed E-state index contributed by atoms with van der Waals surface area (Å²) in [5.74, 6) is 0.127. The first-order chi connectivity index (χ1) is 10.5. The van der Waals surface area contributed by atoms with Crippen molar-refractivity contribution in [2.24, 2.45) is 11.1 Å². The second kappa shape index (κ2) is 10.2. The molecule has 1 amide bonds. The molecule has 22 heavy (non-hydrogen) atoms. The second-order valence-electron chi connectivity index (χ2n) is 6.91. The van der Waals surface area contributed by atoms with Gasteiger partial charge >= 0.3 is 0 Å². The second-order valence-corrected chi connectivity index (χ2v) is 6.91. The zero-order valence-electron chi connectivity index (χ0n) is 14.7. The zero-order valence-corrected chi connectivity index (χ0v) is 14.7. The predicted molar refractivity (Wildman–Crippen MR) is 90.8 cm³/mol. The van der Waals surface area contributed by atoms with Crippen LogP contribution in [0.3, 0.4) is 0 Å². The van der Waals surface area contributed by atoms with Gasteiger partial charge in [0.15, 0.2) is 0 Å². The van der Waals surface area contributed by atoms with E-state index < -0.39 is 0 Å². The minimum atomic E-state index is 0.0348. The van der Waals surface area contributed by atoms with Gasteiger partial charge in [0.2, 0.25) is 5.91 Å². The van der Waals surface area contributed by atoms with E-state index in [0.717, 1.165) is 25.8 Å². The number of ether oxygens (including phenoxy) is 1. The first kappa shape index (κ1) is 19.4. The van der Waals surface area contributed by atoms with Gasteiger partial charge in [0.05, 0.1) is 6.10 Å². The molecule has 1 saturated carbocycles. The van der Waals surface area contributed by atoms with Gasteiger partial charge in [-0.1, -0.05) is 19.3 Å². The highest BCUT2D eigenvalue weighted by Gasteiger charge is 2.32. The summed E-state index contributed by atoms with van der Waals surface area (Å²) in [6, 6.07) is 0. The standard InChI is InChI=1S/C17H35N3O2/c1-4-22-15(8-11-20(2)3)13-19-16(21)12-17(14-18)9-6-5-7-10-17/h15H,4-14,18H2,1-3H3,(H,19,21). The minimum absolute atomic E-state index is 0.0348. The summed E-state index contributed by atoms with van der Waals surface area (Å²) in [5, 5.41) is 3.06. The quantitative estimate of drug-likeness (QED) is 0.645. The third-order valence-electron chi connectivity index (χ3n) is 4.71. The summed E-state index contributed by atoms with van der Waals surface area (Å²) in [6.07, 6.45) is 7.46. The molecule has 0 heterocycles. The maximum absolute atomic E-state index is 12.3. The molecule has 1 aliphatic carbocycles. The highest BCUT2D eigenvalue weighted by molar-refractivity contribution is 5.76. The lowest BCUT2D eigenvalue weighted by molar-refractivity contribution is -0.124. The molecule has 1 fully saturated rings. The Morgan fingerprint density at radius 1 is 1.32 bits per heavy atom. The Morgan fingerprint density at radius 3 is 2.55 bits per heavy atom. The van der Waals surface area contributed by atoms with Crippen molar-refractivity contribution in [2.75, 3.05) is 40.3 Å². The van der Waals surface area contributed by atoms with Gasteiger partial charge in [-0.25, -0.2) is 0 Å². The van der Waals surface area contributed by atoms with Crippen LogP contribution in [0.1, 0.15) is 51.9 Å². The Balaban J connectivity index is 2.38. The van der Waals surface area contributed by atoms with Crippen molar-refractivity contribution in [2.45, 2.75) is 58.0 Å². The summed E-state index contributed by atoms with van der Waals surface area (Å²) in [4.78, 5) is 14.4. The van der Waals surface area contributed by atoms with Crippen LogP contribution in [0, 0.1) is 5.41 Å². The van der Waals surface area contributed by atoms with E-state index in [-0.39, 0.29) is 17.4 Å². The van der Waals surface area contributed by atoms with Crippen molar-refractivity contribution in [3.8, 4) is 0 Å². The fraction of sp³-hybridized carbons (Fsp3) is 0.941. The van der Waals surface area contributed by atoms with Gasteiger partial charge in [0, 0.05) is 26.1 Å². The fourth-order valence-corrected chi connectivity index (χ4v) is 3.27. The van der Waals surface area contributed by atoms with Crippen molar-refractivity contribution in [1.29, 1.82) is 0 Å². The molecule has 5 heteroatoms. The largest absolute Gasteiger partial charge is 0.377 e. The van der Waals surface area contributed by atoms with Gasteiger partial charge in [0.1, 0.15) is 0 Å². The normalized spacial score (nSPS) is 19.1. The van der Waals surface area contributed by atoms with Crippen LogP contribution < -0.4 is 11.1 Å². The molecule has 5 nitrogen and oxygen atoms in total. The Morgan fingerprint density at radius 2 is 2.00 bits per heavy atom. The van der Waals surface area contributed by atoms with Crippen LogP contribution in [0.4, 0.5) is 0 Å². The number of hydrogen-bond donors (Lipinski definition) is 2. The molecular formula is C17H35N3O2. The van der Waals surface area contributed by atoms with Crippen molar-refractivity contribution in [3.05, 3.63) is 0 Å². The topological polar surface area (TPSA) is 67.6 Å². The van der Waals surface area contributed by atoms with Crippen LogP contribution >= 0.6 is 0 Å². The molecular weight excluding hydrogens is 278 g/mol. The van der Waals surface area contributed by atoms with Crippen molar-refractivity contribution >= 4 is 5.91 Å². The van der Waals surface area contributed by atoms with E-state index in [1.807, 2.05) is 6.92 Å². The molecule has 1 aliphatic rings. The number of carbonyl (C=O) groups is 1. The number of nitrogens with one attached hydrogen (secondary N) is 1. The fourth-order valence-electron chi connectivity index (χ4n) is 3.27. The van der Waals surface area contributed by atoms with Crippen LogP contribution in [0.25, 0.3) is 0 Å². The van der Waals surface area contributed by atoms with Gasteiger partial charge in [-0.05, 0) is 52.2 Å². The first-order valence-electron chi connectivity index (χ1n) is 8.74. The molecule has 130 valence electrons. The summed E-state index contributed by atoms with van der Waals surface area (Å²) < 4.78 is 5.72. The SMILES string of the molecule is CCOC(CCN(C)C)CNC(=O)CC1(CN)CCCCC1. The molecule has 0 aromatic heterocycles. The summed E-state index contributed by atoms with van der Waals surface area (Å²) in [6.45, 7) is 4.86. The van der Waals surface area contributed by atoms with E-state index in [1.165, 1.54) is 19.3 Å². The van der Waals surface area contributed by atoms with Gasteiger partial charge in [-0.3, -0.25) is 4.79 Å². The van der Waals surface area contributed by atoms with E-state index in [2.05, 4.69) is 24.3 Å². The average molecular weight is 313 g/mol. The van der Waals surface area contributed by atoms with E-state index in [0.29, 0.717) is 26.1 Å². The van der Waals surface area contributed by atoms with Gasteiger partial charge in [0.25, 0.3) is 0 Å². The first-order valence-corrected chi connectivity index (χ1v) is 8.74. The number of carbonyl (C=O) groups excluding carboxylic acids is 1. The number of nitrogens with two attached hydrogens (primary N) is 1. The van der Waals surface area contributed by atoms with Crippen molar-refractivity contribution in [3.63, 3.8) is 0 Å². The summed E-state index contributed by atoms with van der Waals surface area (Å²) in [5.41, 5.74) is 6.00. The molecule has 0 radical (unpaired) electrons. The van der Waals surface area contributed by atoms with Gasteiger partial charge in [-0.2, -0.15) is 0 Å². The molecule has 0 aromatic carbocycles. The Labute approximate surface area is 135 Å². The van der Waals surface area contributed by atoms with Crippen LogP contribution in [0.15, 0.2) is 0 Å². The number of hydrogen-bond acceptors (Lipinski definition) is 4. The molecule has 1 atom stereocenters. The molecule has 1 unspecified atom stereocenters. The van der Waals surface area contributed by atoms with Crippen LogP contribution in [-0.2, 0) is 9.53 Å². The highest BCUT2D eigenvalue weighted by Crippen LogP contribution is 2.38. The lowest BCUT2D eigenvalue weighted by atomic mass is 9.71. The smallest absolute Gasteiger partial charge is 0.220 e. The third-order valence-corrected chi connectivity index (χ3v) is 4.71. The highest BCUT2D eigenvalue weighted by atomic mass is 16.5. The number of rotatable bonds is 10. The maximum Gasteiger partial charge on any atom is 0.220 e. The summed E-state index contributed by atoms with van der Waals surface area (Å²) >= 11 is 0. The molecule has 0 saturated heterocycles. The molecule has 1 rings (SSSR count). The van der Waals surface area contributed by atoms with Crippen molar-refractivity contribution < 1.29 is 9.53 Å². The monoisotopic (exact) mass is 313 g/mol. The third kappa shape index (κ3) is 7.07. The number of nitrogens with zero attached hydrogens (tertiary/aromatic N) is 1. The average Bonchev–Trinajstić information content (AvgIpc) is 2.51. The molecule has 0 aromatic rings. The van der Waals surface area contributed by atoms with Crippen molar-refractivity contribution in [1.82, 2.24) is 10.2 Å². The predicted octanol–water partition coefficient (Wildman–Crippen LogP) is 1.76. The molecule has 0 spiro atoms. The van der Waals surface area contributed by atoms with Crippen LogP contribution in [0.5, 0.6) is 0 Å². The maximum atomic E-state index is 12.3. The lowest BCUT2D eigenvalue weighted by Gasteiger charge is -2.35. The van der Waals surface area contributed by atoms with Gasteiger partial charge < -0.3 is 20.7 Å². The van der Waals surface area contributed by atoms with Crippen LogP contribution in [0.2, 0.25) is 0 Å². The summed E-state index contributed by atoms with van der Waals surface area (Å²) in [7, 11) is 4.10. The zero-order chi connectivity index (χ0) is 16.4. The van der Waals surface area contributed by atoms with E-state index >= 15 is 0 Å². The Kier molecular flexibility index (Phi) is 8.98. The Bertz CT molecular complexity index is 315. The minimum Gasteiger partial charge on any atom is -0.377 e. The van der Waals surface area contributed by atoms with E-state index in [9.17, 15) is 4.79 Å². The molecule has 0 aliphatic heterocycles. The number of amides is 1. The Hall–Kier alpha value is -0.650. The lowest BCUT2D eigenvalue weighted by Crippen LogP contribution is -2.41.